The van der Waals surface area contributed by atoms with Crippen molar-refractivity contribution in [1.29, 1.82) is 0 Å². The second-order valence-corrected chi connectivity index (χ2v) is 7.42. The molecule has 126 valence electrons. The van der Waals surface area contributed by atoms with Crippen LogP contribution < -0.4 is 5.32 Å². The highest BCUT2D eigenvalue weighted by molar-refractivity contribution is 5.95. The summed E-state index contributed by atoms with van der Waals surface area (Å²) in [5, 5.41) is 7.72. The molecule has 2 aromatic heterocycles. The fraction of sp³-hybridized carbons (Fsp3) is 0.529. The van der Waals surface area contributed by atoms with Gasteiger partial charge in [-0.25, -0.2) is 9.67 Å². The van der Waals surface area contributed by atoms with Crippen LogP contribution in [0.15, 0.2) is 18.6 Å². The highest BCUT2D eigenvalue weighted by atomic mass is 16.5. The van der Waals surface area contributed by atoms with Gasteiger partial charge in [-0.3, -0.25) is 9.78 Å². The van der Waals surface area contributed by atoms with Crippen molar-refractivity contribution < 1.29 is 9.53 Å². The number of carbonyl (C=O) groups is 1. The molecule has 1 fully saturated rings. The molecule has 24 heavy (non-hydrogen) atoms. The summed E-state index contributed by atoms with van der Waals surface area (Å²) in [6, 6.07) is 0. The van der Waals surface area contributed by atoms with E-state index in [9.17, 15) is 4.79 Å². The summed E-state index contributed by atoms with van der Waals surface area (Å²) in [5.41, 5.74) is 2.08. The van der Waals surface area contributed by atoms with E-state index in [1.54, 1.807) is 23.3 Å². The standard InChI is InChI=1S/C17H21N5O2/c1-17(2,3)20-16(23)15-11-8-10-4-5-12(24-10)14(11)21-22(15)13-9-18-6-7-19-13/h6-7,9-10,12H,4-5,8H2,1-3H3,(H,20,23). The van der Waals surface area contributed by atoms with Crippen LogP contribution in [0.5, 0.6) is 0 Å². The molecule has 7 nitrogen and oxygen atoms in total. The average Bonchev–Trinajstić information content (AvgIpc) is 3.09. The predicted molar refractivity (Wildman–Crippen MR) is 86.9 cm³/mol. The fourth-order valence-corrected chi connectivity index (χ4v) is 3.41. The molecule has 2 aliphatic rings. The molecular formula is C17H21N5O2. The van der Waals surface area contributed by atoms with Gasteiger partial charge in [0.05, 0.1) is 18.0 Å². The molecule has 0 aliphatic carbocycles. The number of amides is 1. The molecule has 2 unspecified atom stereocenters. The maximum absolute atomic E-state index is 13.0. The van der Waals surface area contributed by atoms with Crippen LogP contribution in [0, 0.1) is 0 Å². The van der Waals surface area contributed by atoms with E-state index >= 15 is 0 Å². The monoisotopic (exact) mass is 327 g/mol. The van der Waals surface area contributed by atoms with E-state index in [-0.39, 0.29) is 23.7 Å². The van der Waals surface area contributed by atoms with E-state index in [1.165, 1.54) is 0 Å². The van der Waals surface area contributed by atoms with Crippen LogP contribution in [0.2, 0.25) is 0 Å². The first kappa shape index (κ1) is 15.3. The second kappa shape index (κ2) is 5.37. The van der Waals surface area contributed by atoms with Crippen LogP contribution in [0.25, 0.3) is 5.82 Å². The van der Waals surface area contributed by atoms with Crippen molar-refractivity contribution in [1.82, 2.24) is 25.1 Å². The van der Waals surface area contributed by atoms with Gasteiger partial charge in [0.15, 0.2) is 5.82 Å². The Bertz CT molecular complexity index is 778. The Balaban J connectivity index is 1.85. The minimum absolute atomic E-state index is 0.0159. The number of nitrogens with one attached hydrogen (secondary N) is 1. The molecule has 2 bridgehead atoms. The lowest BCUT2D eigenvalue weighted by atomic mass is 10.0. The zero-order chi connectivity index (χ0) is 16.9. The summed E-state index contributed by atoms with van der Waals surface area (Å²) >= 11 is 0. The van der Waals surface area contributed by atoms with Gasteiger partial charge in [0, 0.05) is 29.9 Å². The molecule has 4 heterocycles. The van der Waals surface area contributed by atoms with Crippen LogP contribution in [-0.2, 0) is 11.2 Å². The second-order valence-electron chi connectivity index (χ2n) is 7.42. The summed E-state index contributed by atoms with van der Waals surface area (Å²) in [5.74, 6) is 0.407. The zero-order valence-corrected chi connectivity index (χ0v) is 14.1. The van der Waals surface area contributed by atoms with Crippen LogP contribution in [0.4, 0.5) is 0 Å². The number of aromatic nitrogens is 4. The first-order chi connectivity index (χ1) is 11.4. The van der Waals surface area contributed by atoms with Crippen molar-refractivity contribution >= 4 is 5.91 Å². The summed E-state index contributed by atoms with van der Waals surface area (Å²) in [4.78, 5) is 21.4. The molecular weight excluding hydrogens is 306 g/mol. The van der Waals surface area contributed by atoms with E-state index < -0.39 is 0 Å². The summed E-state index contributed by atoms with van der Waals surface area (Å²) in [6.07, 6.45) is 7.68. The van der Waals surface area contributed by atoms with Crippen molar-refractivity contribution in [3.63, 3.8) is 0 Å². The topological polar surface area (TPSA) is 81.9 Å². The van der Waals surface area contributed by atoms with Crippen LogP contribution in [-0.4, -0.2) is 37.3 Å². The van der Waals surface area contributed by atoms with Crippen LogP contribution in [0.3, 0.4) is 0 Å². The number of fused-ring (bicyclic) bond motifs is 4. The van der Waals surface area contributed by atoms with Gasteiger partial charge in [0.25, 0.3) is 5.91 Å². The van der Waals surface area contributed by atoms with Gasteiger partial charge >= 0.3 is 0 Å². The first-order valence-electron chi connectivity index (χ1n) is 8.28. The van der Waals surface area contributed by atoms with Gasteiger partial charge in [-0.2, -0.15) is 5.10 Å². The Morgan fingerprint density at radius 1 is 1.33 bits per heavy atom. The smallest absolute Gasteiger partial charge is 0.270 e. The molecule has 0 saturated carbocycles. The quantitative estimate of drug-likeness (QED) is 0.912. The number of nitrogens with zero attached hydrogens (tertiary/aromatic N) is 4. The van der Waals surface area contributed by atoms with Crippen LogP contribution >= 0.6 is 0 Å². The third-order valence-electron chi connectivity index (χ3n) is 4.33. The van der Waals surface area contributed by atoms with Gasteiger partial charge in [-0.05, 0) is 33.6 Å². The molecule has 2 aromatic rings. The third kappa shape index (κ3) is 2.58. The van der Waals surface area contributed by atoms with Gasteiger partial charge in [-0.1, -0.05) is 0 Å². The molecule has 2 atom stereocenters. The number of carbonyl (C=O) groups excluding carboxylic acids is 1. The highest BCUT2D eigenvalue weighted by Crippen LogP contribution is 2.42. The van der Waals surface area contributed by atoms with E-state index in [4.69, 9.17) is 4.74 Å². The Morgan fingerprint density at radius 2 is 2.17 bits per heavy atom. The Kier molecular flexibility index (Phi) is 3.42. The van der Waals surface area contributed by atoms with Crippen molar-refractivity contribution in [3.8, 4) is 5.82 Å². The molecule has 1 amide bonds. The molecule has 4 rings (SSSR count). The van der Waals surface area contributed by atoms with Gasteiger partial charge in [0.2, 0.25) is 0 Å². The van der Waals surface area contributed by atoms with E-state index in [1.807, 2.05) is 20.8 Å². The van der Waals surface area contributed by atoms with Crippen molar-refractivity contribution in [3.05, 3.63) is 35.5 Å². The lowest BCUT2D eigenvalue weighted by Crippen LogP contribution is -2.42. The SMILES string of the molecule is CC(C)(C)NC(=O)c1c2c(nn1-c1cnccn1)C1CCC(C2)O1. The summed E-state index contributed by atoms with van der Waals surface area (Å²) in [7, 11) is 0. The Labute approximate surface area is 140 Å². The van der Waals surface area contributed by atoms with Crippen molar-refractivity contribution in [2.45, 2.75) is 57.8 Å². The van der Waals surface area contributed by atoms with Gasteiger partial charge < -0.3 is 10.1 Å². The third-order valence-corrected chi connectivity index (χ3v) is 4.33. The molecule has 0 aromatic carbocycles. The molecule has 1 saturated heterocycles. The minimum atomic E-state index is -0.328. The minimum Gasteiger partial charge on any atom is -0.368 e. The fourth-order valence-electron chi connectivity index (χ4n) is 3.41. The highest BCUT2D eigenvalue weighted by Gasteiger charge is 2.40. The Hall–Kier alpha value is -2.28. The summed E-state index contributed by atoms with van der Waals surface area (Å²) in [6.45, 7) is 5.90. The van der Waals surface area contributed by atoms with E-state index in [2.05, 4.69) is 20.4 Å². The predicted octanol–water partition coefficient (Wildman–Crippen LogP) is 1.97. The lowest BCUT2D eigenvalue weighted by Gasteiger charge is -2.23. The van der Waals surface area contributed by atoms with Crippen molar-refractivity contribution in [2.24, 2.45) is 0 Å². The molecule has 1 N–H and O–H groups in total. The number of rotatable bonds is 2. The van der Waals surface area contributed by atoms with Gasteiger partial charge in [0.1, 0.15) is 11.8 Å². The zero-order valence-electron chi connectivity index (χ0n) is 14.1. The Morgan fingerprint density at radius 3 is 2.88 bits per heavy atom. The largest absolute Gasteiger partial charge is 0.368 e. The van der Waals surface area contributed by atoms with Crippen LogP contribution in [0.1, 0.15) is 61.5 Å². The maximum atomic E-state index is 13.0. The van der Waals surface area contributed by atoms with Gasteiger partial charge in [-0.15, -0.1) is 0 Å². The molecule has 0 radical (unpaired) electrons. The molecule has 7 heteroatoms. The van der Waals surface area contributed by atoms with Crippen molar-refractivity contribution in [2.75, 3.05) is 0 Å². The first-order valence-corrected chi connectivity index (χ1v) is 8.28. The maximum Gasteiger partial charge on any atom is 0.270 e. The number of hydrogen-bond donors (Lipinski definition) is 1. The number of hydrogen-bond acceptors (Lipinski definition) is 5. The molecule has 2 aliphatic heterocycles. The normalized spacial score (nSPS) is 22.3. The van der Waals surface area contributed by atoms with E-state index in [0.717, 1.165) is 30.5 Å². The summed E-state index contributed by atoms with van der Waals surface area (Å²) < 4.78 is 7.58. The van der Waals surface area contributed by atoms with E-state index in [0.29, 0.717) is 11.5 Å². The average molecular weight is 327 g/mol. The number of ether oxygens (including phenoxy) is 1. The lowest BCUT2D eigenvalue weighted by molar-refractivity contribution is 0.0299. The molecule has 0 spiro atoms.